The normalized spacial score (nSPS) is 12.0. The van der Waals surface area contributed by atoms with Crippen molar-refractivity contribution in [2.45, 2.75) is 18.6 Å². The highest BCUT2D eigenvalue weighted by molar-refractivity contribution is 7.92. The molecule has 1 aromatic rings. The smallest absolute Gasteiger partial charge is 0.329 e. The largest absolute Gasteiger partial charge is 0.363 e. The summed E-state index contributed by atoms with van der Waals surface area (Å²) in [5.74, 6) is 5.01. The Morgan fingerprint density at radius 2 is 2.10 bits per heavy atom. The van der Waals surface area contributed by atoms with E-state index < -0.39 is 19.5 Å². The molecule has 1 heterocycles. The van der Waals surface area contributed by atoms with Gasteiger partial charge in [0.05, 0.1) is 9.67 Å². The van der Waals surface area contributed by atoms with E-state index in [1.165, 1.54) is 13.8 Å². The van der Waals surface area contributed by atoms with Crippen molar-refractivity contribution in [3.05, 3.63) is 16.3 Å². The first-order valence-electron chi connectivity index (χ1n) is 5.50. The minimum atomic E-state index is -3.34. The third kappa shape index (κ3) is 3.51. The first kappa shape index (κ1) is 16.0. The van der Waals surface area contributed by atoms with Crippen LogP contribution in [0.25, 0.3) is 0 Å². The van der Waals surface area contributed by atoms with Crippen LogP contribution in [0.3, 0.4) is 0 Å². The van der Waals surface area contributed by atoms with Crippen LogP contribution in [0.4, 0.5) is 17.5 Å². The first-order valence-corrected chi connectivity index (χ1v) is 7.39. The number of hydrogen-bond donors (Lipinski definition) is 3. The van der Waals surface area contributed by atoms with Crippen molar-refractivity contribution in [3.8, 4) is 0 Å². The van der Waals surface area contributed by atoms with Crippen LogP contribution in [0.2, 0.25) is 0 Å². The number of sulfone groups is 1. The topological polar surface area (TPSA) is 153 Å². The van der Waals surface area contributed by atoms with Crippen molar-refractivity contribution in [3.63, 3.8) is 0 Å². The number of nitro groups is 1. The van der Waals surface area contributed by atoms with E-state index in [9.17, 15) is 18.5 Å². The van der Waals surface area contributed by atoms with E-state index in [1.807, 2.05) is 0 Å². The molecule has 0 amide bonds. The third-order valence-electron chi connectivity index (χ3n) is 2.78. The van der Waals surface area contributed by atoms with Crippen LogP contribution in [-0.4, -0.2) is 40.9 Å². The zero-order chi connectivity index (χ0) is 15.6. The van der Waals surface area contributed by atoms with Crippen LogP contribution in [0.15, 0.2) is 6.20 Å². The molecule has 0 fully saturated rings. The molecule has 20 heavy (non-hydrogen) atoms. The summed E-state index contributed by atoms with van der Waals surface area (Å²) < 4.78 is 22.0. The Morgan fingerprint density at radius 1 is 1.50 bits per heavy atom. The number of anilines is 2. The Bertz CT molecular complexity index is 615. The van der Waals surface area contributed by atoms with Gasteiger partial charge in [0.25, 0.3) is 0 Å². The zero-order valence-corrected chi connectivity index (χ0v) is 12.1. The molecule has 112 valence electrons. The van der Waals surface area contributed by atoms with Crippen molar-refractivity contribution < 1.29 is 13.3 Å². The lowest BCUT2D eigenvalue weighted by Gasteiger charge is -2.22. The summed E-state index contributed by atoms with van der Waals surface area (Å²) in [6.45, 7) is 2.96. The molecule has 0 saturated heterocycles. The van der Waals surface area contributed by atoms with Crippen molar-refractivity contribution in [1.29, 1.82) is 0 Å². The molecule has 0 aliphatic heterocycles. The molecule has 4 N–H and O–H groups in total. The molecule has 0 aliphatic carbocycles. The number of rotatable bonds is 6. The molecular weight excluding hydrogens is 288 g/mol. The van der Waals surface area contributed by atoms with Gasteiger partial charge in [-0.15, -0.1) is 0 Å². The number of aromatic nitrogens is 2. The van der Waals surface area contributed by atoms with E-state index in [2.05, 4.69) is 20.7 Å². The second-order valence-corrected chi connectivity index (χ2v) is 7.36. The summed E-state index contributed by atoms with van der Waals surface area (Å²) in [5.41, 5.74) is 1.79. The number of hydrogen-bond acceptors (Lipinski definition) is 9. The quantitative estimate of drug-likeness (QED) is 0.371. The molecule has 0 radical (unpaired) electrons. The maximum atomic E-state index is 11.6. The molecule has 1 rings (SSSR count). The highest BCUT2D eigenvalue weighted by Gasteiger charge is 2.31. The average molecular weight is 304 g/mol. The first-order chi connectivity index (χ1) is 9.08. The SMILES string of the molecule is CC(C)(CNc1nc(NN)ncc1[N+](=O)[O-])S(C)(=O)=O. The van der Waals surface area contributed by atoms with Gasteiger partial charge in [-0.3, -0.25) is 15.5 Å². The predicted molar refractivity (Wildman–Crippen MR) is 73.9 cm³/mol. The molecule has 0 bridgehead atoms. The van der Waals surface area contributed by atoms with Gasteiger partial charge in [0.15, 0.2) is 9.84 Å². The van der Waals surface area contributed by atoms with Gasteiger partial charge in [-0.25, -0.2) is 19.2 Å². The van der Waals surface area contributed by atoms with Crippen LogP contribution in [0, 0.1) is 10.1 Å². The van der Waals surface area contributed by atoms with Gasteiger partial charge in [-0.2, -0.15) is 4.98 Å². The molecule has 0 spiro atoms. The number of hydrazine groups is 1. The monoisotopic (exact) mass is 304 g/mol. The number of nitrogens with two attached hydrogens (primary N) is 1. The second kappa shape index (κ2) is 5.54. The summed E-state index contributed by atoms with van der Waals surface area (Å²) >= 11 is 0. The lowest BCUT2D eigenvalue weighted by atomic mass is 10.2. The molecule has 1 aromatic heterocycles. The van der Waals surface area contributed by atoms with Gasteiger partial charge in [-0.05, 0) is 13.8 Å². The summed E-state index contributed by atoms with van der Waals surface area (Å²) in [6, 6.07) is 0. The standard InChI is InChI=1S/C9H16N6O4S/c1-9(2,20(3,18)19)5-12-7-6(15(16)17)4-11-8(13-7)14-10/h4H,5,10H2,1-3H3,(H2,11,12,13,14). The minimum absolute atomic E-state index is 0.0183. The lowest BCUT2D eigenvalue weighted by Crippen LogP contribution is -2.38. The molecule has 0 aromatic carbocycles. The fourth-order valence-corrected chi connectivity index (χ4v) is 1.47. The van der Waals surface area contributed by atoms with Crippen molar-refractivity contribution in [2.24, 2.45) is 5.84 Å². The Balaban J connectivity index is 3.05. The van der Waals surface area contributed by atoms with Crippen molar-refractivity contribution in [2.75, 3.05) is 23.5 Å². The second-order valence-electron chi connectivity index (χ2n) is 4.71. The Labute approximate surface area is 115 Å². The van der Waals surface area contributed by atoms with E-state index in [0.717, 1.165) is 12.5 Å². The third-order valence-corrected chi connectivity index (χ3v) is 4.93. The van der Waals surface area contributed by atoms with Crippen LogP contribution < -0.4 is 16.6 Å². The van der Waals surface area contributed by atoms with Crippen LogP contribution in [-0.2, 0) is 9.84 Å². The van der Waals surface area contributed by atoms with Gasteiger partial charge in [0, 0.05) is 12.8 Å². The van der Waals surface area contributed by atoms with Crippen molar-refractivity contribution >= 4 is 27.3 Å². The van der Waals surface area contributed by atoms with Gasteiger partial charge in [0.1, 0.15) is 6.20 Å². The molecule has 11 heteroatoms. The molecule has 0 aliphatic rings. The van der Waals surface area contributed by atoms with Gasteiger partial charge < -0.3 is 5.32 Å². The van der Waals surface area contributed by atoms with E-state index in [0.29, 0.717) is 0 Å². The average Bonchev–Trinajstić information content (AvgIpc) is 2.34. The fourth-order valence-electron chi connectivity index (χ4n) is 1.14. The van der Waals surface area contributed by atoms with Gasteiger partial charge >= 0.3 is 5.69 Å². The number of nitrogens with zero attached hydrogens (tertiary/aromatic N) is 3. The number of nitrogen functional groups attached to an aromatic ring is 1. The molecule has 10 nitrogen and oxygen atoms in total. The fraction of sp³-hybridized carbons (Fsp3) is 0.556. The molecule has 0 saturated carbocycles. The van der Waals surface area contributed by atoms with E-state index >= 15 is 0 Å². The maximum Gasteiger partial charge on any atom is 0.329 e. The van der Waals surface area contributed by atoms with E-state index in [4.69, 9.17) is 5.84 Å². The van der Waals surface area contributed by atoms with Crippen LogP contribution in [0.5, 0.6) is 0 Å². The van der Waals surface area contributed by atoms with Gasteiger partial charge in [-0.1, -0.05) is 0 Å². The number of nitrogens with one attached hydrogen (secondary N) is 2. The predicted octanol–water partition coefficient (Wildman–Crippen LogP) is -0.0945. The van der Waals surface area contributed by atoms with Crippen LogP contribution in [0.1, 0.15) is 13.8 Å². The lowest BCUT2D eigenvalue weighted by molar-refractivity contribution is -0.384. The van der Waals surface area contributed by atoms with Gasteiger partial charge in [0.2, 0.25) is 11.8 Å². The molecule has 0 unspecified atom stereocenters. The minimum Gasteiger partial charge on any atom is -0.363 e. The van der Waals surface area contributed by atoms with E-state index in [1.54, 1.807) is 0 Å². The molecule has 0 atom stereocenters. The molecular formula is C9H16N6O4S. The highest BCUT2D eigenvalue weighted by Crippen LogP contribution is 2.23. The van der Waals surface area contributed by atoms with E-state index in [-0.39, 0.29) is 24.0 Å². The van der Waals surface area contributed by atoms with Crippen LogP contribution >= 0.6 is 0 Å². The zero-order valence-electron chi connectivity index (χ0n) is 11.2. The summed E-state index contributed by atoms with van der Waals surface area (Å²) in [4.78, 5) is 17.6. The summed E-state index contributed by atoms with van der Waals surface area (Å²) in [5, 5.41) is 13.5. The van der Waals surface area contributed by atoms with Crippen molar-refractivity contribution in [1.82, 2.24) is 9.97 Å². The highest BCUT2D eigenvalue weighted by atomic mass is 32.2. The Hall–Kier alpha value is -2.01. The summed E-state index contributed by atoms with van der Waals surface area (Å²) in [6.07, 6.45) is 2.08. The summed E-state index contributed by atoms with van der Waals surface area (Å²) in [7, 11) is -3.34. The Kier molecular flexibility index (Phi) is 4.45. The maximum absolute atomic E-state index is 11.6. The Morgan fingerprint density at radius 3 is 2.55 bits per heavy atom.